The van der Waals surface area contributed by atoms with Gasteiger partial charge in [-0.25, -0.2) is 0 Å². The van der Waals surface area contributed by atoms with E-state index in [0.717, 1.165) is 6.42 Å². The van der Waals surface area contributed by atoms with E-state index in [0.29, 0.717) is 29.9 Å². The van der Waals surface area contributed by atoms with Crippen molar-refractivity contribution in [3.8, 4) is 6.07 Å². The summed E-state index contributed by atoms with van der Waals surface area (Å²) in [5.74, 6) is -0.292. The Kier molecular flexibility index (Phi) is 4.08. The van der Waals surface area contributed by atoms with E-state index in [1.807, 2.05) is 4.90 Å². The lowest BCUT2D eigenvalue weighted by Crippen LogP contribution is -2.78. The third-order valence-corrected chi connectivity index (χ3v) is 8.50. The van der Waals surface area contributed by atoms with Gasteiger partial charge in [0.25, 0.3) is 0 Å². The number of carbonyl (C=O) groups excluding carboxylic acids is 2. The SMILES string of the molecule is COC1=C(C)C(=O)C2=C(C1=O)[C@H](CO)N1[C@@H]3[C@H]4[C@H](C[C@@H]([C@@H]1C#N)N4C)[C@H]1OCCN1[C@H]23. The molecular weight excluding hydrogens is 400 g/mol. The summed E-state index contributed by atoms with van der Waals surface area (Å²) in [5.41, 5.74) is 1.07. The minimum absolute atomic E-state index is 0.00850. The van der Waals surface area contributed by atoms with Gasteiger partial charge in [-0.3, -0.25) is 24.3 Å². The van der Waals surface area contributed by atoms with Gasteiger partial charge in [-0.15, -0.1) is 0 Å². The normalized spacial score (nSPS) is 44.5. The number of aliphatic hydroxyl groups excluding tert-OH is 1. The molecule has 1 aliphatic carbocycles. The molecule has 4 saturated heterocycles. The third-order valence-electron chi connectivity index (χ3n) is 8.50. The summed E-state index contributed by atoms with van der Waals surface area (Å²) in [6, 6.07) is 0.854. The molecule has 8 atom stereocenters. The molecule has 0 saturated carbocycles. The van der Waals surface area contributed by atoms with Crippen LogP contribution in [0.3, 0.4) is 0 Å². The van der Waals surface area contributed by atoms with Gasteiger partial charge in [-0.1, -0.05) is 0 Å². The lowest BCUT2D eigenvalue weighted by molar-refractivity contribution is -0.145. The number of nitrogens with zero attached hydrogens (tertiary/aromatic N) is 4. The molecule has 0 radical (unpaired) electrons. The van der Waals surface area contributed by atoms with Crippen LogP contribution < -0.4 is 0 Å². The van der Waals surface area contributed by atoms with E-state index < -0.39 is 12.1 Å². The Bertz CT molecular complexity index is 998. The molecule has 0 spiro atoms. The van der Waals surface area contributed by atoms with Crippen molar-refractivity contribution in [3.05, 3.63) is 22.5 Å². The highest BCUT2D eigenvalue weighted by Gasteiger charge is 2.68. The number of carbonyl (C=O) groups is 2. The van der Waals surface area contributed by atoms with Crippen LogP contribution in [-0.4, -0.2) is 108 Å². The van der Waals surface area contributed by atoms with E-state index >= 15 is 0 Å². The summed E-state index contributed by atoms with van der Waals surface area (Å²) in [7, 11) is 3.44. The maximum Gasteiger partial charge on any atom is 0.226 e. The Balaban J connectivity index is 1.63. The summed E-state index contributed by atoms with van der Waals surface area (Å²) >= 11 is 0. The lowest BCUT2D eigenvalue weighted by atomic mass is 9.69. The van der Waals surface area contributed by atoms with Crippen molar-refractivity contribution in [1.29, 1.82) is 5.26 Å². The zero-order valence-corrected chi connectivity index (χ0v) is 17.8. The number of piperidine rings is 1. The van der Waals surface area contributed by atoms with Crippen LogP contribution in [-0.2, 0) is 19.1 Å². The van der Waals surface area contributed by atoms with Gasteiger partial charge in [0, 0.05) is 47.3 Å². The number of methoxy groups -OCH3 is 1. The minimum Gasteiger partial charge on any atom is -0.492 e. The molecule has 1 N–H and O–H groups in total. The summed E-state index contributed by atoms with van der Waals surface area (Å²) < 4.78 is 11.5. The van der Waals surface area contributed by atoms with Crippen molar-refractivity contribution in [2.24, 2.45) is 5.92 Å². The highest BCUT2D eigenvalue weighted by atomic mass is 16.5. The van der Waals surface area contributed by atoms with Crippen LogP contribution in [0, 0.1) is 17.2 Å². The molecule has 0 aromatic heterocycles. The summed E-state index contributed by atoms with van der Waals surface area (Å²) in [4.78, 5) is 33.7. The monoisotopic (exact) mass is 426 g/mol. The topological polar surface area (TPSA) is 106 Å². The molecule has 5 heterocycles. The zero-order chi connectivity index (χ0) is 21.8. The minimum atomic E-state index is -0.701. The number of allylic oxidation sites excluding steroid dienone is 2. The van der Waals surface area contributed by atoms with Gasteiger partial charge in [-0.2, -0.15) is 5.26 Å². The van der Waals surface area contributed by atoms with Crippen molar-refractivity contribution in [2.45, 2.75) is 55.8 Å². The first kappa shape index (κ1) is 19.6. The Morgan fingerprint density at radius 2 is 2.03 bits per heavy atom. The van der Waals surface area contributed by atoms with Gasteiger partial charge in [0.05, 0.1) is 38.5 Å². The van der Waals surface area contributed by atoms with E-state index in [2.05, 4.69) is 22.9 Å². The first-order valence-corrected chi connectivity index (χ1v) is 10.9. The van der Waals surface area contributed by atoms with Crippen LogP contribution in [0.1, 0.15) is 13.3 Å². The Morgan fingerprint density at radius 3 is 2.71 bits per heavy atom. The second-order valence-electron chi connectivity index (χ2n) is 9.42. The Morgan fingerprint density at radius 1 is 1.26 bits per heavy atom. The van der Waals surface area contributed by atoms with Crippen LogP contribution in [0.15, 0.2) is 22.5 Å². The fraction of sp³-hybridized carbons (Fsp3) is 0.682. The predicted octanol–water partition coefficient (Wildman–Crippen LogP) is -0.965. The number of piperazine rings is 1. The number of hydrogen-bond acceptors (Lipinski definition) is 9. The molecule has 2 bridgehead atoms. The average Bonchev–Trinajstić information content (AvgIpc) is 3.34. The zero-order valence-electron chi connectivity index (χ0n) is 17.8. The molecule has 0 amide bonds. The van der Waals surface area contributed by atoms with E-state index in [1.54, 1.807) is 6.92 Å². The number of Topliss-reactive ketones (excluding diaryl/α,β-unsaturated/α-hetero) is 2. The number of likely N-dealkylation sites (N-methyl/N-ethyl adjacent to an activating group) is 1. The highest BCUT2D eigenvalue weighted by molar-refractivity contribution is 6.25. The largest absolute Gasteiger partial charge is 0.492 e. The number of nitriles is 1. The van der Waals surface area contributed by atoms with Gasteiger partial charge in [0.15, 0.2) is 11.5 Å². The van der Waals surface area contributed by atoms with Gasteiger partial charge >= 0.3 is 0 Å². The molecular formula is C22H26N4O5. The second kappa shape index (κ2) is 6.47. The number of fused-ring (bicyclic) bond motifs is 5. The molecule has 0 unspecified atom stereocenters. The second-order valence-corrected chi connectivity index (χ2v) is 9.42. The molecule has 6 rings (SSSR count). The van der Waals surface area contributed by atoms with Gasteiger partial charge in [0.1, 0.15) is 12.3 Å². The van der Waals surface area contributed by atoms with Crippen molar-refractivity contribution < 1.29 is 24.2 Å². The molecule has 6 aliphatic rings. The van der Waals surface area contributed by atoms with E-state index in [4.69, 9.17) is 9.47 Å². The molecule has 9 nitrogen and oxygen atoms in total. The molecule has 9 heteroatoms. The molecule has 5 aliphatic heterocycles. The number of ketones is 2. The molecule has 4 fully saturated rings. The van der Waals surface area contributed by atoms with Crippen molar-refractivity contribution in [3.63, 3.8) is 0 Å². The van der Waals surface area contributed by atoms with Gasteiger partial charge in [-0.05, 0) is 20.4 Å². The number of ether oxygens (including phenoxy) is 2. The highest BCUT2D eigenvalue weighted by Crippen LogP contribution is 2.54. The standard InChI is InChI=1S/C22H26N4O5/c1-9-19(28)15-14(20(29)21(9)30-3)13(8-27)26-12(7-23)11-6-10-16(24(11)2)18(26)17(15)25-4-5-31-22(10)25/h10-13,16-18,22,27H,4-6,8H2,1-3H3/t10-,11-,12-,13-,16+,17+,18+,22+/m0/s1. The van der Waals surface area contributed by atoms with Crippen LogP contribution >= 0.6 is 0 Å². The van der Waals surface area contributed by atoms with Crippen LogP contribution in [0.25, 0.3) is 0 Å². The summed E-state index contributed by atoms with van der Waals surface area (Å²) in [5, 5.41) is 20.7. The fourth-order valence-corrected chi connectivity index (χ4v) is 7.45. The number of hydrogen-bond donors (Lipinski definition) is 1. The molecule has 31 heavy (non-hydrogen) atoms. The van der Waals surface area contributed by atoms with Crippen LogP contribution in [0.2, 0.25) is 0 Å². The molecule has 164 valence electrons. The van der Waals surface area contributed by atoms with E-state index in [9.17, 15) is 20.0 Å². The Hall–Kier alpha value is -2.09. The fourth-order valence-electron chi connectivity index (χ4n) is 7.45. The van der Waals surface area contributed by atoms with Crippen molar-refractivity contribution in [1.82, 2.24) is 14.7 Å². The number of rotatable bonds is 2. The predicted molar refractivity (Wildman–Crippen MR) is 106 cm³/mol. The van der Waals surface area contributed by atoms with Gasteiger partial charge in [0.2, 0.25) is 5.78 Å². The lowest BCUT2D eigenvalue weighted by Gasteiger charge is -2.61. The maximum atomic E-state index is 13.6. The van der Waals surface area contributed by atoms with Crippen LogP contribution in [0.5, 0.6) is 0 Å². The van der Waals surface area contributed by atoms with E-state index in [-0.39, 0.29) is 60.2 Å². The van der Waals surface area contributed by atoms with E-state index in [1.165, 1.54) is 7.11 Å². The molecule has 0 aromatic carbocycles. The smallest absolute Gasteiger partial charge is 0.226 e. The summed E-state index contributed by atoms with van der Waals surface area (Å²) in [6.07, 6.45) is 0.694. The first-order valence-electron chi connectivity index (χ1n) is 10.9. The third kappa shape index (κ3) is 2.12. The van der Waals surface area contributed by atoms with Crippen LogP contribution in [0.4, 0.5) is 0 Å². The summed E-state index contributed by atoms with van der Waals surface area (Å²) in [6.45, 7) is 2.56. The first-order chi connectivity index (χ1) is 15.0. The number of aliphatic hydroxyl groups is 1. The molecule has 0 aromatic rings. The van der Waals surface area contributed by atoms with Crippen molar-refractivity contribution in [2.75, 3.05) is 33.9 Å². The van der Waals surface area contributed by atoms with Crippen molar-refractivity contribution >= 4 is 11.6 Å². The average molecular weight is 426 g/mol. The quantitative estimate of drug-likeness (QED) is 0.559. The maximum absolute atomic E-state index is 13.6. The Labute approximate surface area is 180 Å². The van der Waals surface area contributed by atoms with Gasteiger partial charge < -0.3 is 14.6 Å².